The van der Waals surface area contributed by atoms with Crippen molar-refractivity contribution in [3.63, 3.8) is 0 Å². The summed E-state index contributed by atoms with van der Waals surface area (Å²) < 4.78 is 0. The van der Waals surface area contributed by atoms with Crippen molar-refractivity contribution in [1.82, 2.24) is 4.90 Å². The Morgan fingerprint density at radius 3 is 2.64 bits per heavy atom. The molecule has 0 spiro atoms. The third-order valence-corrected chi connectivity index (χ3v) is 5.82. The summed E-state index contributed by atoms with van der Waals surface area (Å²) in [6.45, 7) is 0.801. The molecule has 0 radical (unpaired) electrons. The first-order valence-corrected chi connectivity index (χ1v) is 10.9. The van der Waals surface area contributed by atoms with Crippen molar-refractivity contribution in [2.45, 2.75) is 31.4 Å². The standard InChI is InChI=1S/C22H26ClN5O5/c1-26(10-2-3-22(31)27-13-19(30)11-18(27)14-29)16-6-4-15(5-7-16)24-25-21-9-8-17(28(32)33)12-20(21)23/h4-9,12,18-19,29-30H,2-3,10-11,13-14H2,1H3. The molecule has 2 aromatic rings. The van der Waals surface area contributed by atoms with E-state index in [0.29, 0.717) is 37.2 Å². The van der Waals surface area contributed by atoms with Crippen LogP contribution in [0.15, 0.2) is 52.7 Å². The van der Waals surface area contributed by atoms with E-state index >= 15 is 0 Å². The summed E-state index contributed by atoms with van der Waals surface area (Å²) in [4.78, 5) is 26.2. The number of aliphatic hydroxyl groups excluding tert-OH is 2. The highest BCUT2D eigenvalue weighted by atomic mass is 35.5. The predicted octanol–water partition coefficient (Wildman–Crippen LogP) is 3.83. The van der Waals surface area contributed by atoms with E-state index < -0.39 is 11.0 Å². The number of β-amino-alcohol motifs (C(OH)–C–C–N with tert-alkyl or cyclic N) is 1. The zero-order valence-electron chi connectivity index (χ0n) is 18.2. The predicted molar refractivity (Wildman–Crippen MR) is 124 cm³/mol. The van der Waals surface area contributed by atoms with Gasteiger partial charge in [-0.15, -0.1) is 5.11 Å². The van der Waals surface area contributed by atoms with Gasteiger partial charge in [0.15, 0.2) is 0 Å². The summed E-state index contributed by atoms with van der Waals surface area (Å²) in [5.74, 6) is -0.0559. The lowest BCUT2D eigenvalue weighted by atomic mass is 10.2. The molecule has 1 aliphatic heterocycles. The Labute approximate surface area is 196 Å². The van der Waals surface area contributed by atoms with Gasteiger partial charge in [-0.25, -0.2) is 0 Å². The van der Waals surface area contributed by atoms with E-state index in [1.165, 1.54) is 18.2 Å². The number of non-ortho nitro benzene ring substituents is 1. The molecule has 0 aliphatic carbocycles. The first kappa shape index (κ1) is 24.6. The molecule has 2 atom stereocenters. The van der Waals surface area contributed by atoms with Gasteiger partial charge in [-0.05, 0) is 43.2 Å². The van der Waals surface area contributed by atoms with E-state index in [2.05, 4.69) is 10.2 Å². The van der Waals surface area contributed by atoms with Gasteiger partial charge in [0, 0.05) is 44.4 Å². The third kappa shape index (κ3) is 6.47. The van der Waals surface area contributed by atoms with E-state index in [1.807, 2.05) is 24.1 Å². The fraction of sp³-hybridized carbons (Fsp3) is 0.409. The van der Waals surface area contributed by atoms with E-state index in [-0.39, 0.29) is 35.8 Å². The van der Waals surface area contributed by atoms with Crippen LogP contribution in [0, 0.1) is 10.1 Å². The molecule has 0 bridgehead atoms. The number of benzene rings is 2. The quantitative estimate of drug-likeness (QED) is 0.322. The molecule has 3 rings (SSSR count). The van der Waals surface area contributed by atoms with Gasteiger partial charge < -0.3 is 20.0 Å². The largest absolute Gasteiger partial charge is 0.394 e. The molecule has 176 valence electrons. The van der Waals surface area contributed by atoms with Gasteiger partial charge in [0.05, 0.1) is 34.4 Å². The van der Waals surface area contributed by atoms with Crippen LogP contribution in [0.1, 0.15) is 19.3 Å². The van der Waals surface area contributed by atoms with E-state index in [1.54, 1.807) is 17.0 Å². The Bertz CT molecular complexity index is 1020. The minimum absolute atomic E-state index is 0.0559. The molecule has 1 heterocycles. The molecule has 10 nitrogen and oxygen atoms in total. The molecule has 2 N–H and O–H groups in total. The topological polar surface area (TPSA) is 132 Å². The lowest BCUT2D eigenvalue weighted by molar-refractivity contribution is -0.384. The number of carbonyl (C=O) groups is 1. The summed E-state index contributed by atoms with van der Waals surface area (Å²) in [7, 11) is 1.92. The van der Waals surface area contributed by atoms with Crippen molar-refractivity contribution in [3.05, 3.63) is 57.6 Å². The fourth-order valence-corrected chi connectivity index (χ4v) is 3.90. The summed E-state index contributed by atoms with van der Waals surface area (Å²) in [5.41, 5.74) is 1.76. The number of hydrogen-bond donors (Lipinski definition) is 2. The molecule has 0 aromatic heterocycles. The molecule has 2 unspecified atom stereocenters. The van der Waals surface area contributed by atoms with Gasteiger partial charge >= 0.3 is 0 Å². The van der Waals surface area contributed by atoms with Crippen LogP contribution in [0.25, 0.3) is 0 Å². The Hall–Kier alpha value is -3.08. The number of nitro benzene ring substituents is 1. The number of likely N-dealkylation sites (tertiary alicyclic amines) is 1. The van der Waals surface area contributed by atoms with Crippen LogP contribution in [0.5, 0.6) is 0 Å². The smallest absolute Gasteiger partial charge is 0.271 e. The number of carbonyl (C=O) groups excluding carboxylic acids is 1. The van der Waals surface area contributed by atoms with E-state index in [0.717, 1.165) is 5.69 Å². The second-order valence-corrected chi connectivity index (χ2v) is 8.31. The molecule has 1 amide bonds. The van der Waals surface area contributed by atoms with Gasteiger partial charge in [0.25, 0.3) is 5.69 Å². The minimum atomic E-state index is -0.569. The Kier molecular flexibility index (Phi) is 8.32. The number of azo groups is 1. The van der Waals surface area contributed by atoms with Gasteiger partial charge in [0.1, 0.15) is 5.69 Å². The molecular weight excluding hydrogens is 450 g/mol. The first-order valence-electron chi connectivity index (χ1n) is 10.5. The molecule has 11 heteroatoms. The van der Waals surface area contributed by atoms with E-state index in [9.17, 15) is 25.1 Å². The maximum absolute atomic E-state index is 12.4. The van der Waals surface area contributed by atoms with Crippen LogP contribution in [0.2, 0.25) is 5.02 Å². The summed E-state index contributed by atoms with van der Waals surface area (Å²) in [5, 5.41) is 38.2. The van der Waals surface area contributed by atoms with Crippen molar-refractivity contribution in [1.29, 1.82) is 0 Å². The second-order valence-electron chi connectivity index (χ2n) is 7.91. The number of nitrogens with zero attached hydrogens (tertiary/aromatic N) is 5. The second kappa shape index (κ2) is 11.2. The third-order valence-electron chi connectivity index (χ3n) is 5.51. The van der Waals surface area contributed by atoms with Crippen molar-refractivity contribution < 1.29 is 19.9 Å². The van der Waals surface area contributed by atoms with E-state index in [4.69, 9.17) is 11.6 Å². The van der Waals surface area contributed by atoms with Gasteiger partial charge in [0.2, 0.25) is 5.91 Å². The molecule has 1 aliphatic rings. The average molecular weight is 476 g/mol. The number of nitro groups is 1. The SMILES string of the molecule is CN(CCCC(=O)N1CC(O)CC1CO)c1ccc(N=Nc2ccc([N+](=O)[O-])cc2Cl)cc1. The maximum atomic E-state index is 12.4. The summed E-state index contributed by atoms with van der Waals surface area (Å²) in [6, 6.07) is 11.0. The molecule has 1 fully saturated rings. The molecule has 33 heavy (non-hydrogen) atoms. The molecule has 1 saturated heterocycles. The van der Waals surface area contributed by atoms with Crippen LogP contribution >= 0.6 is 11.6 Å². The zero-order chi connectivity index (χ0) is 24.0. The van der Waals surface area contributed by atoms with Crippen molar-refractivity contribution in [3.8, 4) is 0 Å². The fourth-order valence-electron chi connectivity index (χ4n) is 3.69. The van der Waals surface area contributed by atoms with Crippen molar-refractivity contribution in [2.75, 3.05) is 31.6 Å². The number of aliphatic hydroxyl groups is 2. The monoisotopic (exact) mass is 475 g/mol. The van der Waals surface area contributed by atoms with Gasteiger partial charge in [-0.2, -0.15) is 5.11 Å². The number of amides is 1. The molecular formula is C22H26ClN5O5. The zero-order valence-corrected chi connectivity index (χ0v) is 18.9. The highest BCUT2D eigenvalue weighted by Crippen LogP contribution is 2.30. The van der Waals surface area contributed by atoms with Crippen LogP contribution in [0.3, 0.4) is 0 Å². The van der Waals surface area contributed by atoms with Gasteiger partial charge in [-0.1, -0.05) is 11.6 Å². The Balaban J connectivity index is 1.51. The highest BCUT2D eigenvalue weighted by Gasteiger charge is 2.33. The van der Waals surface area contributed by atoms with Crippen LogP contribution in [-0.4, -0.2) is 64.8 Å². The maximum Gasteiger partial charge on any atom is 0.271 e. The van der Waals surface area contributed by atoms with Crippen LogP contribution < -0.4 is 4.90 Å². The van der Waals surface area contributed by atoms with Crippen molar-refractivity contribution in [2.24, 2.45) is 10.2 Å². The number of hydrogen-bond acceptors (Lipinski definition) is 8. The number of rotatable bonds is 9. The Morgan fingerprint density at radius 1 is 1.27 bits per heavy atom. The summed E-state index contributed by atoms with van der Waals surface area (Å²) >= 11 is 6.03. The van der Waals surface area contributed by atoms with Crippen LogP contribution in [-0.2, 0) is 4.79 Å². The molecule has 2 aromatic carbocycles. The molecule has 0 saturated carbocycles. The summed E-state index contributed by atoms with van der Waals surface area (Å²) in [6.07, 6.45) is 0.832. The van der Waals surface area contributed by atoms with Crippen molar-refractivity contribution >= 4 is 40.3 Å². The van der Waals surface area contributed by atoms with Gasteiger partial charge in [-0.3, -0.25) is 14.9 Å². The van der Waals surface area contributed by atoms with Crippen LogP contribution in [0.4, 0.5) is 22.7 Å². The first-order chi connectivity index (χ1) is 15.8. The lowest BCUT2D eigenvalue weighted by Gasteiger charge is -2.24. The number of anilines is 1. The minimum Gasteiger partial charge on any atom is -0.394 e. The normalized spacial score (nSPS) is 18.1. The Morgan fingerprint density at radius 2 is 2.00 bits per heavy atom. The average Bonchev–Trinajstić information content (AvgIpc) is 3.19. The number of halogens is 1. The highest BCUT2D eigenvalue weighted by molar-refractivity contribution is 6.33. The lowest BCUT2D eigenvalue weighted by Crippen LogP contribution is -2.38.